The Labute approximate surface area is 102 Å². The summed E-state index contributed by atoms with van der Waals surface area (Å²) < 4.78 is 0. The van der Waals surface area contributed by atoms with E-state index in [4.69, 9.17) is 5.11 Å². The summed E-state index contributed by atoms with van der Waals surface area (Å²) in [6.45, 7) is 4.96. The summed E-state index contributed by atoms with van der Waals surface area (Å²) in [7, 11) is 0. The number of urea groups is 1. The van der Waals surface area contributed by atoms with E-state index in [0.717, 1.165) is 17.7 Å². The summed E-state index contributed by atoms with van der Waals surface area (Å²) >= 11 is 0. The zero-order valence-corrected chi connectivity index (χ0v) is 10.4. The van der Waals surface area contributed by atoms with E-state index >= 15 is 0 Å². The zero-order valence-electron chi connectivity index (χ0n) is 10.4. The molecule has 0 aliphatic rings. The van der Waals surface area contributed by atoms with Crippen LogP contribution < -0.4 is 5.32 Å². The Hall–Kier alpha value is -1.55. The van der Waals surface area contributed by atoms with Gasteiger partial charge in [0.25, 0.3) is 0 Å². The number of para-hydroxylation sites is 1. The molecule has 0 spiro atoms. The van der Waals surface area contributed by atoms with Gasteiger partial charge in [-0.1, -0.05) is 25.1 Å². The molecule has 1 rings (SSSR count). The first kappa shape index (κ1) is 13.5. The molecule has 94 valence electrons. The van der Waals surface area contributed by atoms with E-state index in [0.29, 0.717) is 13.1 Å². The minimum Gasteiger partial charge on any atom is -0.395 e. The highest BCUT2D eigenvalue weighted by molar-refractivity contribution is 5.90. The third kappa shape index (κ3) is 4.07. The van der Waals surface area contributed by atoms with Crippen molar-refractivity contribution >= 4 is 11.7 Å². The fourth-order valence-corrected chi connectivity index (χ4v) is 1.61. The molecule has 1 aromatic carbocycles. The Morgan fingerprint density at radius 1 is 1.35 bits per heavy atom. The standard InChI is InChI=1S/C13H20N2O2/c1-3-8-15(9-10-16)13(17)14-12-7-5-4-6-11(12)2/h4-7,16H,3,8-10H2,1-2H3,(H,14,17). The lowest BCUT2D eigenvalue weighted by Gasteiger charge is -2.22. The lowest BCUT2D eigenvalue weighted by atomic mass is 10.2. The number of hydrogen-bond acceptors (Lipinski definition) is 2. The third-order valence-electron chi connectivity index (χ3n) is 2.54. The number of carbonyl (C=O) groups is 1. The fourth-order valence-electron chi connectivity index (χ4n) is 1.61. The molecule has 0 saturated heterocycles. The van der Waals surface area contributed by atoms with Crippen molar-refractivity contribution in [3.05, 3.63) is 29.8 Å². The zero-order chi connectivity index (χ0) is 12.7. The summed E-state index contributed by atoms with van der Waals surface area (Å²) in [5.74, 6) is 0. The molecule has 1 aromatic rings. The second-order valence-electron chi connectivity index (χ2n) is 3.96. The first-order valence-electron chi connectivity index (χ1n) is 5.91. The Balaban J connectivity index is 2.66. The molecule has 4 nitrogen and oxygen atoms in total. The molecule has 2 N–H and O–H groups in total. The van der Waals surface area contributed by atoms with Gasteiger partial charge < -0.3 is 15.3 Å². The number of amides is 2. The van der Waals surface area contributed by atoms with Crippen molar-refractivity contribution < 1.29 is 9.90 Å². The highest BCUT2D eigenvalue weighted by Crippen LogP contribution is 2.13. The minimum atomic E-state index is -0.157. The quantitative estimate of drug-likeness (QED) is 0.823. The van der Waals surface area contributed by atoms with Gasteiger partial charge in [-0.3, -0.25) is 0 Å². The van der Waals surface area contributed by atoms with Crippen LogP contribution >= 0.6 is 0 Å². The fraction of sp³-hybridized carbons (Fsp3) is 0.462. The van der Waals surface area contributed by atoms with Crippen molar-refractivity contribution in [2.24, 2.45) is 0 Å². The van der Waals surface area contributed by atoms with Gasteiger partial charge in [0.05, 0.1) is 6.61 Å². The van der Waals surface area contributed by atoms with Crippen LogP contribution in [0.15, 0.2) is 24.3 Å². The molecule has 0 aliphatic heterocycles. The highest BCUT2D eigenvalue weighted by Gasteiger charge is 2.12. The minimum absolute atomic E-state index is 0.0127. The van der Waals surface area contributed by atoms with Crippen LogP contribution in [0.2, 0.25) is 0 Å². The number of carbonyl (C=O) groups excluding carboxylic acids is 1. The number of aliphatic hydroxyl groups excluding tert-OH is 1. The number of nitrogens with one attached hydrogen (secondary N) is 1. The molecular formula is C13H20N2O2. The van der Waals surface area contributed by atoms with Crippen LogP contribution in [0.1, 0.15) is 18.9 Å². The van der Waals surface area contributed by atoms with Gasteiger partial charge in [0.2, 0.25) is 0 Å². The number of anilines is 1. The molecule has 0 radical (unpaired) electrons. The first-order chi connectivity index (χ1) is 8.19. The van der Waals surface area contributed by atoms with Gasteiger partial charge in [-0.05, 0) is 25.0 Å². The molecule has 0 aromatic heterocycles. The average Bonchev–Trinajstić information content (AvgIpc) is 2.32. The molecule has 0 atom stereocenters. The van der Waals surface area contributed by atoms with Gasteiger partial charge >= 0.3 is 6.03 Å². The van der Waals surface area contributed by atoms with Gasteiger partial charge in [-0.15, -0.1) is 0 Å². The predicted octanol–water partition coefficient (Wildman–Crippen LogP) is 2.23. The lowest BCUT2D eigenvalue weighted by molar-refractivity contribution is 0.188. The number of aryl methyl sites for hydroxylation is 1. The normalized spacial score (nSPS) is 10.1. The van der Waals surface area contributed by atoms with Gasteiger partial charge in [0.1, 0.15) is 0 Å². The SMILES string of the molecule is CCCN(CCO)C(=O)Nc1ccccc1C. The molecule has 0 heterocycles. The van der Waals surface area contributed by atoms with Crippen LogP contribution in [0.4, 0.5) is 10.5 Å². The second kappa shape index (κ2) is 6.91. The van der Waals surface area contributed by atoms with Crippen molar-refractivity contribution in [3.63, 3.8) is 0 Å². The maximum absolute atomic E-state index is 11.9. The number of aliphatic hydroxyl groups is 1. The lowest BCUT2D eigenvalue weighted by Crippen LogP contribution is -2.37. The molecule has 17 heavy (non-hydrogen) atoms. The Bertz CT molecular complexity index is 360. The number of rotatable bonds is 5. The third-order valence-corrected chi connectivity index (χ3v) is 2.54. The van der Waals surface area contributed by atoms with E-state index < -0.39 is 0 Å². The van der Waals surface area contributed by atoms with Gasteiger partial charge in [0.15, 0.2) is 0 Å². The van der Waals surface area contributed by atoms with Crippen LogP contribution in [-0.2, 0) is 0 Å². The number of benzene rings is 1. The van der Waals surface area contributed by atoms with E-state index in [2.05, 4.69) is 5.32 Å². The molecule has 0 unspecified atom stereocenters. The average molecular weight is 236 g/mol. The van der Waals surface area contributed by atoms with E-state index in [-0.39, 0.29) is 12.6 Å². The van der Waals surface area contributed by atoms with Crippen LogP contribution in [0.25, 0.3) is 0 Å². The largest absolute Gasteiger partial charge is 0.395 e. The van der Waals surface area contributed by atoms with E-state index in [1.165, 1.54) is 0 Å². The Kier molecular flexibility index (Phi) is 5.49. The van der Waals surface area contributed by atoms with Crippen LogP contribution in [0.5, 0.6) is 0 Å². The molecule has 2 amide bonds. The first-order valence-corrected chi connectivity index (χ1v) is 5.91. The van der Waals surface area contributed by atoms with E-state index in [9.17, 15) is 4.79 Å². The van der Waals surface area contributed by atoms with Crippen molar-refractivity contribution in [1.29, 1.82) is 0 Å². The predicted molar refractivity (Wildman–Crippen MR) is 69.1 cm³/mol. The van der Waals surface area contributed by atoms with E-state index in [1.54, 1.807) is 4.90 Å². The maximum Gasteiger partial charge on any atom is 0.321 e. The maximum atomic E-state index is 11.9. The summed E-state index contributed by atoms with van der Waals surface area (Å²) in [6, 6.07) is 7.49. The smallest absolute Gasteiger partial charge is 0.321 e. The van der Waals surface area contributed by atoms with Crippen LogP contribution in [-0.4, -0.2) is 35.7 Å². The summed E-state index contributed by atoms with van der Waals surface area (Å²) in [5, 5.41) is 11.8. The molecule has 0 fully saturated rings. The van der Waals surface area contributed by atoms with Crippen molar-refractivity contribution in [2.75, 3.05) is 25.0 Å². The second-order valence-corrected chi connectivity index (χ2v) is 3.96. The van der Waals surface area contributed by atoms with Crippen LogP contribution in [0, 0.1) is 6.92 Å². The van der Waals surface area contributed by atoms with Gasteiger partial charge in [-0.25, -0.2) is 4.79 Å². The highest BCUT2D eigenvalue weighted by atomic mass is 16.3. The summed E-state index contributed by atoms with van der Waals surface area (Å²) in [6.07, 6.45) is 0.876. The van der Waals surface area contributed by atoms with E-state index in [1.807, 2.05) is 38.1 Å². The Morgan fingerprint density at radius 3 is 2.65 bits per heavy atom. The monoisotopic (exact) mass is 236 g/mol. The summed E-state index contributed by atoms with van der Waals surface area (Å²) in [5.41, 5.74) is 1.85. The van der Waals surface area contributed by atoms with Crippen molar-refractivity contribution in [3.8, 4) is 0 Å². The summed E-state index contributed by atoms with van der Waals surface area (Å²) in [4.78, 5) is 13.6. The molecule has 0 bridgehead atoms. The Morgan fingerprint density at radius 2 is 2.06 bits per heavy atom. The molecule has 0 saturated carbocycles. The molecule has 0 aliphatic carbocycles. The number of nitrogens with zero attached hydrogens (tertiary/aromatic N) is 1. The molecule has 4 heteroatoms. The van der Waals surface area contributed by atoms with Crippen LogP contribution in [0.3, 0.4) is 0 Å². The van der Waals surface area contributed by atoms with Crippen molar-refractivity contribution in [1.82, 2.24) is 4.90 Å². The van der Waals surface area contributed by atoms with Crippen molar-refractivity contribution in [2.45, 2.75) is 20.3 Å². The molecular weight excluding hydrogens is 216 g/mol. The van der Waals surface area contributed by atoms with Gasteiger partial charge in [-0.2, -0.15) is 0 Å². The van der Waals surface area contributed by atoms with Gasteiger partial charge in [0, 0.05) is 18.8 Å². The number of hydrogen-bond donors (Lipinski definition) is 2. The topological polar surface area (TPSA) is 52.6 Å².